The molecule has 0 saturated carbocycles. The van der Waals surface area contributed by atoms with Crippen molar-refractivity contribution in [3.05, 3.63) is 42.6 Å². The van der Waals surface area contributed by atoms with Crippen LogP contribution in [0.1, 0.15) is 20.3 Å². The van der Waals surface area contributed by atoms with Crippen molar-refractivity contribution >= 4 is 5.91 Å². The van der Waals surface area contributed by atoms with Gasteiger partial charge >= 0.3 is 0 Å². The average molecular weight is 273 g/mol. The fourth-order valence-electron chi connectivity index (χ4n) is 1.67. The zero-order valence-electron chi connectivity index (χ0n) is 11.7. The molecule has 1 aromatic carbocycles. The number of nitrogens with one attached hydrogen (secondary N) is 1. The van der Waals surface area contributed by atoms with E-state index in [0.717, 1.165) is 12.1 Å². The zero-order valence-corrected chi connectivity index (χ0v) is 11.7. The molecular formula is C15H19N3O2. The fraction of sp³-hybridized carbons (Fsp3) is 0.333. The SMILES string of the molecule is CCC(C)NC(=O)COc1ccn(-c2ccccc2)n1. The molecule has 0 spiro atoms. The summed E-state index contributed by atoms with van der Waals surface area (Å²) in [6.07, 6.45) is 2.70. The van der Waals surface area contributed by atoms with Crippen LogP contribution in [0.25, 0.3) is 5.69 Å². The summed E-state index contributed by atoms with van der Waals surface area (Å²) in [6.45, 7) is 3.96. The summed E-state index contributed by atoms with van der Waals surface area (Å²) in [5.74, 6) is 0.307. The van der Waals surface area contributed by atoms with Crippen LogP contribution in [-0.2, 0) is 4.79 Å². The molecule has 0 bridgehead atoms. The van der Waals surface area contributed by atoms with E-state index in [1.165, 1.54) is 0 Å². The number of rotatable bonds is 6. The number of hydrogen-bond donors (Lipinski definition) is 1. The van der Waals surface area contributed by atoms with Crippen LogP contribution in [-0.4, -0.2) is 28.3 Å². The number of para-hydroxylation sites is 1. The van der Waals surface area contributed by atoms with Crippen LogP contribution in [0.15, 0.2) is 42.6 Å². The van der Waals surface area contributed by atoms with E-state index in [9.17, 15) is 4.79 Å². The number of carbonyl (C=O) groups excluding carboxylic acids is 1. The maximum Gasteiger partial charge on any atom is 0.258 e. The molecule has 1 N–H and O–H groups in total. The molecular weight excluding hydrogens is 254 g/mol. The Balaban J connectivity index is 1.89. The summed E-state index contributed by atoms with van der Waals surface area (Å²) in [4.78, 5) is 11.6. The van der Waals surface area contributed by atoms with E-state index in [1.54, 1.807) is 16.9 Å². The lowest BCUT2D eigenvalue weighted by molar-refractivity contribution is -0.123. The molecule has 2 rings (SSSR count). The molecule has 0 aliphatic heterocycles. The largest absolute Gasteiger partial charge is 0.466 e. The number of nitrogens with zero attached hydrogens (tertiary/aromatic N) is 2. The maximum atomic E-state index is 11.6. The highest BCUT2D eigenvalue weighted by molar-refractivity contribution is 5.77. The summed E-state index contributed by atoms with van der Waals surface area (Å²) in [7, 11) is 0. The van der Waals surface area contributed by atoms with E-state index >= 15 is 0 Å². The van der Waals surface area contributed by atoms with Gasteiger partial charge in [0, 0.05) is 18.3 Å². The number of aromatic nitrogens is 2. The molecule has 0 fully saturated rings. The van der Waals surface area contributed by atoms with E-state index < -0.39 is 0 Å². The van der Waals surface area contributed by atoms with Gasteiger partial charge in [0.25, 0.3) is 5.91 Å². The predicted octanol–water partition coefficient (Wildman–Crippen LogP) is 2.17. The number of amides is 1. The normalized spacial score (nSPS) is 11.9. The standard InChI is InChI=1S/C15H19N3O2/c1-3-12(2)16-14(19)11-20-15-9-10-18(17-15)13-7-5-4-6-8-13/h4-10,12H,3,11H2,1-2H3,(H,16,19). The van der Waals surface area contributed by atoms with Crippen molar-refractivity contribution in [1.29, 1.82) is 0 Å². The monoisotopic (exact) mass is 273 g/mol. The molecule has 1 atom stereocenters. The first-order chi connectivity index (χ1) is 9.69. The Hall–Kier alpha value is -2.30. The van der Waals surface area contributed by atoms with Gasteiger partial charge in [0.05, 0.1) is 5.69 Å². The zero-order chi connectivity index (χ0) is 14.4. The molecule has 0 aliphatic rings. The van der Waals surface area contributed by atoms with Crippen LogP contribution in [0, 0.1) is 0 Å². The molecule has 0 aliphatic carbocycles. The van der Waals surface area contributed by atoms with Gasteiger partial charge in [-0.3, -0.25) is 4.79 Å². The van der Waals surface area contributed by atoms with Crippen molar-refractivity contribution in [1.82, 2.24) is 15.1 Å². The van der Waals surface area contributed by atoms with Crippen molar-refractivity contribution in [2.75, 3.05) is 6.61 Å². The fourth-order valence-corrected chi connectivity index (χ4v) is 1.67. The molecule has 20 heavy (non-hydrogen) atoms. The van der Waals surface area contributed by atoms with Gasteiger partial charge in [0.1, 0.15) is 0 Å². The number of benzene rings is 1. The molecule has 0 radical (unpaired) electrons. The maximum absolute atomic E-state index is 11.6. The van der Waals surface area contributed by atoms with Gasteiger partial charge in [0.2, 0.25) is 5.88 Å². The van der Waals surface area contributed by atoms with Crippen LogP contribution in [0.5, 0.6) is 5.88 Å². The first kappa shape index (κ1) is 14.1. The summed E-state index contributed by atoms with van der Waals surface area (Å²) < 4.78 is 7.08. The highest BCUT2D eigenvalue weighted by atomic mass is 16.5. The van der Waals surface area contributed by atoms with Gasteiger partial charge in [-0.05, 0) is 25.5 Å². The van der Waals surface area contributed by atoms with E-state index in [2.05, 4.69) is 10.4 Å². The average Bonchev–Trinajstić information content (AvgIpc) is 2.95. The minimum atomic E-state index is -0.131. The Kier molecular flexibility index (Phi) is 4.76. The van der Waals surface area contributed by atoms with Crippen LogP contribution in [0.3, 0.4) is 0 Å². The first-order valence-corrected chi connectivity index (χ1v) is 6.72. The molecule has 1 heterocycles. The minimum Gasteiger partial charge on any atom is -0.466 e. The lowest BCUT2D eigenvalue weighted by Gasteiger charge is -2.10. The minimum absolute atomic E-state index is 0.0177. The van der Waals surface area contributed by atoms with Crippen LogP contribution >= 0.6 is 0 Å². The van der Waals surface area contributed by atoms with Crippen molar-refractivity contribution in [3.8, 4) is 11.6 Å². The summed E-state index contributed by atoms with van der Waals surface area (Å²) in [5, 5.41) is 7.11. The molecule has 106 valence electrons. The first-order valence-electron chi connectivity index (χ1n) is 6.72. The van der Waals surface area contributed by atoms with Crippen molar-refractivity contribution in [3.63, 3.8) is 0 Å². The van der Waals surface area contributed by atoms with Crippen molar-refractivity contribution in [2.45, 2.75) is 26.3 Å². The highest BCUT2D eigenvalue weighted by Crippen LogP contribution is 2.11. The molecule has 5 nitrogen and oxygen atoms in total. The summed E-state index contributed by atoms with van der Waals surface area (Å²) >= 11 is 0. The number of carbonyl (C=O) groups is 1. The lowest BCUT2D eigenvalue weighted by atomic mass is 10.2. The Morgan fingerprint density at radius 2 is 2.10 bits per heavy atom. The third kappa shape index (κ3) is 3.85. The van der Waals surface area contributed by atoms with Crippen LogP contribution in [0.2, 0.25) is 0 Å². The van der Waals surface area contributed by atoms with Gasteiger partial charge in [-0.15, -0.1) is 5.10 Å². The smallest absolute Gasteiger partial charge is 0.258 e. The summed E-state index contributed by atoms with van der Waals surface area (Å²) in [6, 6.07) is 11.6. The quantitative estimate of drug-likeness (QED) is 0.877. The van der Waals surface area contributed by atoms with Crippen LogP contribution in [0.4, 0.5) is 0 Å². The predicted molar refractivity (Wildman–Crippen MR) is 77.0 cm³/mol. The molecule has 0 saturated heterocycles. The van der Waals surface area contributed by atoms with Gasteiger partial charge in [-0.1, -0.05) is 25.1 Å². The second-order valence-corrected chi connectivity index (χ2v) is 4.60. The molecule has 2 aromatic rings. The van der Waals surface area contributed by atoms with Gasteiger partial charge in [0.15, 0.2) is 6.61 Å². The van der Waals surface area contributed by atoms with Gasteiger partial charge in [-0.2, -0.15) is 0 Å². The van der Waals surface area contributed by atoms with E-state index in [-0.39, 0.29) is 18.6 Å². The van der Waals surface area contributed by atoms with Crippen LogP contribution < -0.4 is 10.1 Å². The van der Waals surface area contributed by atoms with E-state index in [4.69, 9.17) is 4.74 Å². The molecule has 5 heteroatoms. The topological polar surface area (TPSA) is 56.1 Å². The third-order valence-electron chi connectivity index (χ3n) is 2.96. The van der Waals surface area contributed by atoms with E-state index in [1.807, 2.05) is 44.2 Å². The van der Waals surface area contributed by atoms with Crippen molar-refractivity contribution in [2.24, 2.45) is 0 Å². The Bertz CT molecular complexity index is 551. The number of ether oxygens (including phenoxy) is 1. The lowest BCUT2D eigenvalue weighted by Crippen LogP contribution is -2.35. The molecule has 1 unspecified atom stereocenters. The third-order valence-corrected chi connectivity index (χ3v) is 2.96. The second-order valence-electron chi connectivity index (χ2n) is 4.60. The highest BCUT2D eigenvalue weighted by Gasteiger charge is 2.08. The van der Waals surface area contributed by atoms with Crippen molar-refractivity contribution < 1.29 is 9.53 Å². The Morgan fingerprint density at radius 1 is 1.35 bits per heavy atom. The Labute approximate surface area is 118 Å². The molecule has 1 aromatic heterocycles. The Morgan fingerprint density at radius 3 is 2.80 bits per heavy atom. The second kappa shape index (κ2) is 6.75. The molecule has 1 amide bonds. The van der Waals surface area contributed by atoms with Gasteiger partial charge in [-0.25, -0.2) is 4.68 Å². The van der Waals surface area contributed by atoms with Gasteiger partial charge < -0.3 is 10.1 Å². The van der Waals surface area contributed by atoms with E-state index in [0.29, 0.717) is 5.88 Å². The summed E-state index contributed by atoms with van der Waals surface area (Å²) in [5.41, 5.74) is 0.950. The number of hydrogen-bond acceptors (Lipinski definition) is 3.